The lowest BCUT2D eigenvalue weighted by Gasteiger charge is -2.04. The van der Waals surface area contributed by atoms with Crippen LogP contribution in [0.1, 0.15) is 6.92 Å². The summed E-state index contributed by atoms with van der Waals surface area (Å²) < 4.78 is 0.584. The van der Waals surface area contributed by atoms with Crippen molar-refractivity contribution in [2.75, 3.05) is 13.1 Å². The zero-order valence-corrected chi connectivity index (χ0v) is 7.53. The average molecular weight is 226 g/mol. The van der Waals surface area contributed by atoms with Crippen LogP contribution >= 0.6 is 22.6 Å². The van der Waals surface area contributed by atoms with Crippen LogP contribution in [0.15, 0.2) is 0 Å². The maximum Gasteiger partial charge on any atom is 0.181 e. The fourth-order valence-electron chi connectivity index (χ4n) is 0.396. The highest BCUT2D eigenvalue weighted by atomic mass is 127. The normalized spacial score (nSPS) is 13.8. The Morgan fingerprint density at radius 2 is 2.25 bits per heavy atom. The molecule has 0 aliphatic carbocycles. The van der Waals surface area contributed by atoms with Gasteiger partial charge in [-0.1, -0.05) is 22.6 Å². The summed E-state index contributed by atoms with van der Waals surface area (Å²) in [5.74, 6) is 0. The lowest BCUT2D eigenvalue weighted by atomic mass is 10.4. The minimum absolute atomic E-state index is 0.584. The van der Waals surface area contributed by atoms with Crippen molar-refractivity contribution in [3.05, 3.63) is 0 Å². The minimum atomic E-state index is 0.584. The third kappa shape index (κ3) is 6.71. The Kier molecular flexibility index (Phi) is 6.37. The highest BCUT2D eigenvalue weighted by molar-refractivity contribution is 14.1. The van der Waals surface area contributed by atoms with Gasteiger partial charge in [0, 0.05) is 6.54 Å². The van der Waals surface area contributed by atoms with E-state index in [9.17, 15) is 0 Å². The van der Waals surface area contributed by atoms with Crippen molar-refractivity contribution in [2.24, 2.45) is 0 Å². The number of hydrogen-bond acceptors (Lipinski definition) is 2. The molecule has 48 valence electrons. The van der Waals surface area contributed by atoms with Crippen molar-refractivity contribution in [1.82, 2.24) is 10.5 Å². The molecule has 0 radical (unpaired) electrons. The Balaban J connectivity index is 2.72. The Morgan fingerprint density at radius 3 is 2.62 bits per heavy atom. The third-order valence-electron chi connectivity index (χ3n) is 0.801. The predicted octanol–water partition coefficient (Wildman–Crippen LogP) is -0.505. The number of alkyl halides is 1. The summed E-state index contributed by atoms with van der Waals surface area (Å²) in [5, 5.41) is 6.33. The quantitative estimate of drug-likeness (QED) is 0.222. The van der Waals surface area contributed by atoms with E-state index in [0.717, 1.165) is 13.1 Å². The van der Waals surface area contributed by atoms with Gasteiger partial charge in [-0.3, -0.25) is 0 Å². The molecule has 0 aromatic rings. The van der Waals surface area contributed by atoms with E-state index < -0.39 is 0 Å². The largest absolute Gasteiger partial charge is 0.361 e. The van der Waals surface area contributed by atoms with E-state index >= 15 is 0 Å². The van der Waals surface area contributed by atoms with Gasteiger partial charge in [-0.05, 0) is 13.5 Å². The van der Waals surface area contributed by atoms with Crippen LogP contribution in [0.5, 0.6) is 0 Å². The second-order valence-corrected chi connectivity index (χ2v) is 3.54. The molecule has 1 unspecified atom stereocenters. The molecule has 2 nitrogen and oxygen atoms in total. The molecule has 0 saturated heterocycles. The van der Waals surface area contributed by atoms with Gasteiger partial charge in [-0.25, -0.2) is 0 Å². The molecule has 0 saturated carbocycles. The molecule has 0 spiro atoms. The van der Waals surface area contributed by atoms with Crippen LogP contribution < -0.4 is 10.5 Å². The Morgan fingerprint density at radius 1 is 1.62 bits per heavy atom. The SMILES string of the molecule is BNCCNC(C)I. The number of hydrogen-bond donors (Lipinski definition) is 2. The van der Waals surface area contributed by atoms with Crippen molar-refractivity contribution in [2.45, 2.75) is 11.0 Å². The molecule has 4 heteroatoms. The summed E-state index contributed by atoms with van der Waals surface area (Å²) >= 11 is 2.34. The molecule has 0 amide bonds. The van der Waals surface area contributed by atoms with Crippen molar-refractivity contribution >= 4 is 30.6 Å². The molecule has 1 atom stereocenters. The number of halogens is 1. The van der Waals surface area contributed by atoms with E-state index in [1.165, 1.54) is 0 Å². The van der Waals surface area contributed by atoms with Gasteiger partial charge in [0.05, 0.1) is 4.05 Å². The summed E-state index contributed by atoms with van der Waals surface area (Å²) in [6.45, 7) is 4.24. The first-order chi connectivity index (χ1) is 3.77. The van der Waals surface area contributed by atoms with Gasteiger partial charge in [0.15, 0.2) is 7.98 Å². The fourth-order valence-corrected chi connectivity index (χ4v) is 0.707. The van der Waals surface area contributed by atoms with Crippen molar-refractivity contribution in [3.63, 3.8) is 0 Å². The Hall–Kier alpha value is 0.715. The molecular formula is C4H12BIN2. The molecule has 8 heavy (non-hydrogen) atoms. The highest BCUT2D eigenvalue weighted by Crippen LogP contribution is 1.89. The zero-order chi connectivity index (χ0) is 6.41. The Bertz CT molecular complexity index is 51.3. The fraction of sp³-hybridized carbons (Fsp3) is 1.00. The number of rotatable bonds is 4. The predicted molar refractivity (Wildman–Crippen MR) is 48.0 cm³/mol. The average Bonchev–Trinajstić information content (AvgIpc) is 1.66. The van der Waals surface area contributed by atoms with Gasteiger partial charge in [0.25, 0.3) is 0 Å². The van der Waals surface area contributed by atoms with Crippen LogP contribution in [0.2, 0.25) is 0 Å². The van der Waals surface area contributed by atoms with Crippen molar-refractivity contribution in [3.8, 4) is 0 Å². The van der Waals surface area contributed by atoms with Crippen LogP contribution in [-0.4, -0.2) is 25.1 Å². The monoisotopic (exact) mass is 226 g/mol. The minimum Gasteiger partial charge on any atom is -0.361 e. The molecule has 0 aliphatic rings. The summed E-state index contributed by atoms with van der Waals surface area (Å²) in [4.78, 5) is 0. The highest BCUT2D eigenvalue weighted by Gasteiger charge is 1.88. The standard InChI is InChI=1S/C4H12BIN2/c1-4(6)7-2-3-8-5/h4,7-8H,2-3,5H2,1H3. The van der Waals surface area contributed by atoms with E-state index in [1.807, 2.05) is 7.98 Å². The summed E-state index contributed by atoms with van der Waals surface area (Å²) in [5.41, 5.74) is 0. The molecule has 0 aliphatic heterocycles. The van der Waals surface area contributed by atoms with E-state index in [2.05, 4.69) is 40.1 Å². The van der Waals surface area contributed by atoms with Crippen LogP contribution in [0.25, 0.3) is 0 Å². The summed E-state index contributed by atoms with van der Waals surface area (Å²) in [7, 11) is 1.96. The maximum absolute atomic E-state index is 3.27. The first kappa shape index (κ1) is 8.71. The van der Waals surface area contributed by atoms with Gasteiger partial charge >= 0.3 is 0 Å². The lowest BCUT2D eigenvalue weighted by molar-refractivity contribution is 0.690. The molecule has 0 fully saturated rings. The zero-order valence-electron chi connectivity index (χ0n) is 5.37. The van der Waals surface area contributed by atoms with Gasteiger partial charge in [-0.15, -0.1) is 0 Å². The summed E-state index contributed by atoms with van der Waals surface area (Å²) in [6.07, 6.45) is 0. The molecular weight excluding hydrogens is 214 g/mol. The first-order valence-corrected chi connectivity index (χ1v) is 4.04. The smallest absolute Gasteiger partial charge is 0.181 e. The second-order valence-electron chi connectivity index (χ2n) is 1.67. The molecule has 0 bridgehead atoms. The molecule has 0 heterocycles. The van der Waals surface area contributed by atoms with Crippen LogP contribution in [0.4, 0.5) is 0 Å². The number of nitrogens with one attached hydrogen (secondary N) is 2. The van der Waals surface area contributed by atoms with Gasteiger partial charge < -0.3 is 10.5 Å². The molecule has 0 rings (SSSR count). The van der Waals surface area contributed by atoms with Crippen LogP contribution in [0, 0.1) is 0 Å². The maximum atomic E-state index is 3.27. The second kappa shape index (κ2) is 5.84. The third-order valence-corrected chi connectivity index (χ3v) is 1.24. The van der Waals surface area contributed by atoms with Crippen LogP contribution in [0.3, 0.4) is 0 Å². The van der Waals surface area contributed by atoms with Gasteiger partial charge in [-0.2, -0.15) is 0 Å². The summed E-state index contributed by atoms with van der Waals surface area (Å²) in [6, 6.07) is 0. The van der Waals surface area contributed by atoms with E-state index in [-0.39, 0.29) is 0 Å². The van der Waals surface area contributed by atoms with Gasteiger partial charge in [0.2, 0.25) is 0 Å². The van der Waals surface area contributed by atoms with Crippen molar-refractivity contribution in [1.29, 1.82) is 0 Å². The van der Waals surface area contributed by atoms with E-state index in [0.29, 0.717) is 4.05 Å². The Labute approximate surface area is 65.4 Å². The molecule has 0 aromatic carbocycles. The van der Waals surface area contributed by atoms with Crippen LogP contribution in [-0.2, 0) is 0 Å². The van der Waals surface area contributed by atoms with Crippen molar-refractivity contribution < 1.29 is 0 Å². The molecule has 2 N–H and O–H groups in total. The lowest BCUT2D eigenvalue weighted by Crippen LogP contribution is -2.28. The van der Waals surface area contributed by atoms with E-state index in [1.54, 1.807) is 0 Å². The topological polar surface area (TPSA) is 24.1 Å². The van der Waals surface area contributed by atoms with E-state index in [4.69, 9.17) is 0 Å². The van der Waals surface area contributed by atoms with Gasteiger partial charge in [0.1, 0.15) is 0 Å². The first-order valence-electron chi connectivity index (χ1n) is 2.79. The molecule has 0 aromatic heterocycles.